The fraction of sp³-hybridized carbons (Fsp3) is 0.500. The van der Waals surface area contributed by atoms with Crippen LogP contribution in [0.25, 0.3) is 0 Å². The molecule has 0 aliphatic heterocycles. The van der Waals surface area contributed by atoms with Gasteiger partial charge in [0.1, 0.15) is 5.82 Å². The monoisotopic (exact) mass is 309 g/mol. The highest BCUT2D eigenvalue weighted by Crippen LogP contribution is 2.24. The molecule has 1 atom stereocenters. The van der Waals surface area contributed by atoms with E-state index in [0.717, 1.165) is 12.5 Å². The van der Waals surface area contributed by atoms with Gasteiger partial charge in [-0.05, 0) is 25.5 Å². The Hall–Kier alpha value is -0.690. The minimum Gasteiger partial charge on any atom is -0.392 e. The normalized spacial score (nSPS) is 13.5. The van der Waals surface area contributed by atoms with Crippen molar-refractivity contribution in [3.63, 3.8) is 0 Å². The highest BCUT2D eigenvalue weighted by atomic mass is 35.5. The first-order valence-corrected chi connectivity index (χ1v) is 7.79. The summed E-state index contributed by atoms with van der Waals surface area (Å²) in [6.07, 6.45) is 1.52. The molecule has 0 amide bonds. The van der Waals surface area contributed by atoms with Gasteiger partial charge < -0.3 is 5.11 Å². The predicted molar refractivity (Wildman–Crippen MR) is 72.0 cm³/mol. The fourth-order valence-corrected chi connectivity index (χ4v) is 3.22. The van der Waals surface area contributed by atoms with E-state index in [2.05, 4.69) is 4.72 Å². The van der Waals surface area contributed by atoms with Gasteiger partial charge in [-0.1, -0.05) is 24.9 Å². The van der Waals surface area contributed by atoms with Crippen molar-refractivity contribution >= 4 is 21.6 Å². The van der Waals surface area contributed by atoms with E-state index < -0.39 is 22.4 Å². The summed E-state index contributed by atoms with van der Waals surface area (Å²) in [7, 11) is -3.81. The van der Waals surface area contributed by atoms with Crippen molar-refractivity contribution in [3.05, 3.63) is 28.5 Å². The number of hydrogen-bond donors (Lipinski definition) is 2. The summed E-state index contributed by atoms with van der Waals surface area (Å²) in [5.74, 6) is -0.864. The molecular formula is C12H17ClFNO3S. The molecule has 0 bridgehead atoms. The van der Waals surface area contributed by atoms with Crippen LogP contribution in [0.5, 0.6) is 0 Å². The van der Waals surface area contributed by atoms with Crippen LogP contribution in [-0.4, -0.2) is 19.6 Å². The molecule has 0 fully saturated rings. The second-order valence-corrected chi connectivity index (χ2v) is 6.44. The highest BCUT2D eigenvalue weighted by molar-refractivity contribution is 7.89. The molecule has 0 saturated carbocycles. The number of aliphatic hydroxyl groups is 1. The number of sulfonamides is 1. The van der Waals surface area contributed by atoms with E-state index in [1.165, 1.54) is 6.07 Å². The van der Waals surface area contributed by atoms with Crippen LogP contribution in [0.3, 0.4) is 0 Å². The maximum Gasteiger partial charge on any atom is 0.240 e. The molecular weight excluding hydrogens is 293 g/mol. The standard InChI is InChI=1S/C12H17ClFNO3S/c1-3-4-8(2)15-19(17,18)10-5-9(7-16)12(13)11(14)6-10/h5-6,8,15-16H,3-4,7H2,1-2H3. The summed E-state index contributed by atoms with van der Waals surface area (Å²) in [4.78, 5) is -0.235. The van der Waals surface area contributed by atoms with Crippen molar-refractivity contribution in [2.45, 2.75) is 44.2 Å². The third-order valence-corrected chi connectivity index (χ3v) is 4.63. The van der Waals surface area contributed by atoms with E-state index in [0.29, 0.717) is 6.42 Å². The Kier molecular flexibility index (Phi) is 5.73. The minimum absolute atomic E-state index is 0.0465. The van der Waals surface area contributed by atoms with Gasteiger partial charge in [0.2, 0.25) is 10.0 Å². The summed E-state index contributed by atoms with van der Waals surface area (Å²) in [6, 6.07) is 1.78. The van der Waals surface area contributed by atoms with Crippen LogP contribution in [0.2, 0.25) is 5.02 Å². The zero-order chi connectivity index (χ0) is 14.6. The van der Waals surface area contributed by atoms with Gasteiger partial charge in [-0.15, -0.1) is 0 Å². The molecule has 19 heavy (non-hydrogen) atoms. The first-order chi connectivity index (χ1) is 8.81. The SMILES string of the molecule is CCCC(C)NS(=O)(=O)c1cc(F)c(Cl)c(CO)c1. The number of aliphatic hydroxyl groups excluding tert-OH is 1. The van der Waals surface area contributed by atoms with Gasteiger partial charge in [0, 0.05) is 11.6 Å². The van der Waals surface area contributed by atoms with Crippen LogP contribution >= 0.6 is 11.6 Å². The smallest absolute Gasteiger partial charge is 0.240 e. The minimum atomic E-state index is -3.81. The molecule has 0 aliphatic rings. The molecule has 1 rings (SSSR count). The predicted octanol–water partition coefficient (Wildman–Crippen LogP) is 2.44. The molecule has 1 unspecified atom stereocenters. The number of rotatable bonds is 6. The van der Waals surface area contributed by atoms with E-state index >= 15 is 0 Å². The lowest BCUT2D eigenvalue weighted by atomic mass is 10.2. The fourth-order valence-electron chi connectivity index (χ4n) is 1.71. The third-order valence-electron chi connectivity index (χ3n) is 2.64. The van der Waals surface area contributed by atoms with Gasteiger partial charge in [-0.3, -0.25) is 0 Å². The van der Waals surface area contributed by atoms with Gasteiger partial charge >= 0.3 is 0 Å². The lowest BCUT2D eigenvalue weighted by Gasteiger charge is -2.14. The second kappa shape index (κ2) is 6.65. The van der Waals surface area contributed by atoms with Crippen LogP contribution in [0.1, 0.15) is 32.3 Å². The lowest BCUT2D eigenvalue weighted by molar-refractivity contribution is 0.281. The lowest BCUT2D eigenvalue weighted by Crippen LogP contribution is -2.32. The summed E-state index contributed by atoms with van der Waals surface area (Å²) in [6.45, 7) is 3.15. The van der Waals surface area contributed by atoms with Crippen LogP contribution in [0, 0.1) is 5.82 Å². The molecule has 0 radical (unpaired) electrons. The zero-order valence-electron chi connectivity index (χ0n) is 10.8. The largest absolute Gasteiger partial charge is 0.392 e. The average Bonchev–Trinajstić information content (AvgIpc) is 2.31. The van der Waals surface area contributed by atoms with Gasteiger partial charge in [0.05, 0.1) is 16.5 Å². The Balaban J connectivity index is 3.11. The Bertz CT molecular complexity index is 548. The van der Waals surface area contributed by atoms with Crippen molar-refractivity contribution in [3.8, 4) is 0 Å². The Morgan fingerprint density at radius 2 is 2.11 bits per heavy atom. The van der Waals surface area contributed by atoms with E-state index in [-0.39, 0.29) is 21.5 Å². The van der Waals surface area contributed by atoms with Crippen LogP contribution in [0.15, 0.2) is 17.0 Å². The number of halogens is 2. The van der Waals surface area contributed by atoms with E-state index in [4.69, 9.17) is 16.7 Å². The molecule has 0 aliphatic carbocycles. The molecule has 1 aromatic carbocycles. The average molecular weight is 310 g/mol. The molecule has 0 heterocycles. The maximum atomic E-state index is 13.5. The van der Waals surface area contributed by atoms with Gasteiger partial charge in [-0.2, -0.15) is 0 Å². The molecule has 4 nitrogen and oxygen atoms in total. The summed E-state index contributed by atoms with van der Waals surface area (Å²) < 4.78 is 40.1. The first kappa shape index (κ1) is 16.4. The maximum absolute atomic E-state index is 13.5. The van der Waals surface area contributed by atoms with Crippen LogP contribution in [-0.2, 0) is 16.6 Å². The topological polar surface area (TPSA) is 66.4 Å². The van der Waals surface area contributed by atoms with Crippen molar-refractivity contribution in [2.24, 2.45) is 0 Å². The molecule has 2 N–H and O–H groups in total. The van der Waals surface area contributed by atoms with Crippen molar-refractivity contribution < 1.29 is 17.9 Å². The number of benzene rings is 1. The quantitative estimate of drug-likeness (QED) is 0.848. The molecule has 0 aromatic heterocycles. The summed E-state index contributed by atoms with van der Waals surface area (Å²) >= 11 is 5.62. The molecule has 1 aromatic rings. The first-order valence-electron chi connectivity index (χ1n) is 5.93. The molecule has 0 saturated heterocycles. The molecule has 0 spiro atoms. The Morgan fingerprint density at radius 1 is 1.47 bits per heavy atom. The second-order valence-electron chi connectivity index (χ2n) is 4.35. The summed E-state index contributed by atoms with van der Waals surface area (Å²) in [5.41, 5.74) is 0.0465. The van der Waals surface area contributed by atoms with Gasteiger partial charge in [0.25, 0.3) is 0 Å². The van der Waals surface area contributed by atoms with E-state index in [1.54, 1.807) is 6.92 Å². The van der Waals surface area contributed by atoms with E-state index in [1.807, 2.05) is 6.92 Å². The molecule has 7 heteroatoms. The Morgan fingerprint density at radius 3 is 2.63 bits per heavy atom. The van der Waals surface area contributed by atoms with Crippen LogP contribution < -0.4 is 4.72 Å². The number of nitrogens with one attached hydrogen (secondary N) is 1. The van der Waals surface area contributed by atoms with Gasteiger partial charge in [-0.25, -0.2) is 17.5 Å². The third kappa shape index (κ3) is 4.14. The number of hydrogen-bond acceptors (Lipinski definition) is 3. The Labute approximate surface area is 117 Å². The van der Waals surface area contributed by atoms with Crippen molar-refractivity contribution in [1.82, 2.24) is 4.72 Å². The molecule has 108 valence electrons. The van der Waals surface area contributed by atoms with Crippen molar-refractivity contribution in [1.29, 1.82) is 0 Å². The van der Waals surface area contributed by atoms with Crippen LogP contribution in [0.4, 0.5) is 4.39 Å². The summed E-state index contributed by atoms with van der Waals surface area (Å²) in [5, 5.41) is 8.77. The van der Waals surface area contributed by atoms with Gasteiger partial charge in [0.15, 0.2) is 0 Å². The highest BCUT2D eigenvalue weighted by Gasteiger charge is 2.20. The van der Waals surface area contributed by atoms with Crippen molar-refractivity contribution in [2.75, 3.05) is 0 Å². The van der Waals surface area contributed by atoms with E-state index in [9.17, 15) is 12.8 Å². The zero-order valence-corrected chi connectivity index (χ0v) is 12.4.